The van der Waals surface area contributed by atoms with E-state index in [9.17, 15) is 0 Å². The number of nitrogens with zero attached hydrogens (tertiary/aromatic N) is 2. The Morgan fingerprint density at radius 1 is 1.53 bits per heavy atom. The Morgan fingerprint density at radius 3 is 3.24 bits per heavy atom. The fourth-order valence-electron chi connectivity index (χ4n) is 2.11. The van der Waals surface area contributed by atoms with Crippen LogP contribution in [0.3, 0.4) is 0 Å². The van der Waals surface area contributed by atoms with E-state index in [0.29, 0.717) is 5.88 Å². The monoisotopic (exact) mass is 236 g/mol. The second-order valence-corrected chi connectivity index (χ2v) is 4.37. The average Bonchev–Trinajstić information content (AvgIpc) is 2.40. The van der Waals surface area contributed by atoms with Crippen molar-refractivity contribution in [3.8, 4) is 5.88 Å². The quantitative estimate of drug-likeness (QED) is 0.806. The zero-order valence-electron chi connectivity index (χ0n) is 10.3. The van der Waals surface area contributed by atoms with E-state index >= 15 is 0 Å². The summed E-state index contributed by atoms with van der Waals surface area (Å²) in [6.45, 7) is 3.25. The molecule has 0 aliphatic carbocycles. The van der Waals surface area contributed by atoms with Gasteiger partial charge in [-0.1, -0.05) is 0 Å². The topological polar surface area (TPSA) is 59.1 Å². The molecule has 0 spiro atoms. The summed E-state index contributed by atoms with van der Waals surface area (Å²) in [5.41, 5.74) is 0. The molecule has 5 nitrogen and oxygen atoms in total. The first-order valence-electron chi connectivity index (χ1n) is 6.19. The van der Waals surface area contributed by atoms with Gasteiger partial charge >= 0.3 is 0 Å². The van der Waals surface area contributed by atoms with Crippen molar-refractivity contribution in [2.45, 2.75) is 19.3 Å². The van der Waals surface area contributed by atoms with Crippen molar-refractivity contribution < 1.29 is 4.74 Å². The Labute approximate surface area is 102 Å². The van der Waals surface area contributed by atoms with Crippen LogP contribution in [-0.2, 0) is 0 Å². The number of hydrogen-bond acceptors (Lipinski definition) is 5. The third-order valence-electron chi connectivity index (χ3n) is 3.08. The molecular formula is C12H20N4O. The Bertz CT molecular complexity index is 339. The highest BCUT2D eigenvalue weighted by atomic mass is 16.5. The van der Waals surface area contributed by atoms with Crippen LogP contribution >= 0.6 is 0 Å². The van der Waals surface area contributed by atoms with E-state index in [1.54, 1.807) is 19.5 Å². The van der Waals surface area contributed by atoms with Gasteiger partial charge in [-0.2, -0.15) is 4.98 Å². The number of aromatic nitrogens is 2. The summed E-state index contributed by atoms with van der Waals surface area (Å²) in [6, 6.07) is 0. The Morgan fingerprint density at radius 2 is 2.47 bits per heavy atom. The van der Waals surface area contributed by atoms with Gasteiger partial charge in [0.25, 0.3) is 0 Å². The van der Waals surface area contributed by atoms with Crippen LogP contribution in [0.1, 0.15) is 19.3 Å². The summed E-state index contributed by atoms with van der Waals surface area (Å²) in [5, 5.41) is 6.71. The van der Waals surface area contributed by atoms with Crippen LogP contribution in [-0.4, -0.2) is 36.7 Å². The summed E-state index contributed by atoms with van der Waals surface area (Å²) in [6.07, 6.45) is 7.13. The molecule has 2 N–H and O–H groups in total. The first kappa shape index (κ1) is 12.1. The van der Waals surface area contributed by atoms with Crippen LogP contribution in [0.5, 0.6) is 5.88 Å². The number of methoxy groups -OCH3 is 1. The minimum Gasteiger partial charge on any atom is -0.480 e. The van der Waals surface area contributed by atoms with E-state index in [1.807, 2.05) is 0 Å². The van der Waals surface area contributed by atoms with E-state index in [4.69, 9.17) is 4.74 Å². The van der Waals surface area contributed by atoms with Crippen molar-refractivity contribution in [2.24, 2.45) is 5.92 Å². The van der Waals surface area contributed by atoms with Gasteiger partial charge in [0.05, 0.1) is 19.5 Å². The van der Waals surface area contributed by atoms with Crippen LogP contribution in [0.4, 0.5) is 5.82 Å². The lowest BCUT2D eigenvalue weighted by molar-refractivity contribution is 0.364. The summed E-state index contributed by atoms with van der Waals surface area (Å²) in [5.74, 6) is 2.12. The van der Waals surface area contributed by atoms with Crippen molar-refractivity contribution in [1.29, 1.82) is 0 Å². The zero-order chi connectivity index (χ0) is 11.9. The van der Waals surface area contributed by atoms with Gasteiger partial charge in [0.2, 0.25) is 5.88 Å². The highest BCUT2D eigenvalue weighted by molar-refractivity contribution is 5.32. The van der Waals surface area contributed by atoms with Crippen molar-refractivity contribution >= 4 is 5.82 Å². The number of piperidine rings is 1. The fourth-order valence-corrected chi connectivity index (χ4v) is 2.11. The molecule has 2 rings (SSSR count). The van der Waals surface area contributed by atoms with Crippen LogP contribution in [0.2, 0.25) is 0 Å². The standard InChI is InChI=1S/C12H20N4O/c1-17-12-9-14-8-11(16-12)15-6-4-10-3-2-5-13-7-10/h8-10,13H,2-7H2,1H3,(H,15,16). The van der Waals surface area contributed by atoms with E-state index in [1.165, 1.54) is 25.8 Å². The van der Waals surface area contributed by atoms with Gasteiger partial charge in [-0.25, -0.2) is 0 Å². The molecule has 0 bridgehead atoms. The lowest BCUT2D eigenvalue weighted by Crippen LogP contribution is -2.30. The molecule has 0 amide bonds. The zero-order valence-corrected chi connectivity index (χ0v) is 10.3. The first-order chi connectivity index (χ1) is 8.38. The molecule has 0 aromatic carbocycles. The second-order valence-electron chi connectivity index (χ2n) is 4.37. The molecule has 1 atom stereocenters. The van der Waals surface area contributed by atoms with Crippen molar-refractivity contribution in [3.63, 3.8) is 0 Å². The molecule has 17 heavy (non-hydrogen) atoms. The lowest BCUT2D eigenvalue weighted by atomic mass is 9.96. The molecule has 5 heteroatoms. The molecule has 1 saturated heterocycles. The fraction of sp³-hybridized carbons (Fsp3) is 0.667. The van der Waals surface area contributed by atoms with E-state index < -0.39 is 0 Å². The predicted molar refractivity (Wildman–Crippen MR) is 67.3 cm³/mol. The van der Waals surface area contributed by atoms with Crippen LogP contribution in [0.15, 0.2) is 12.4 Å². The van der Waals surface area contributed by atoms with E-state index in [-0.39, 0.29) is 0 Å². The predicted octanol–water partition coefficient (Wildman–Crippen LogP) is 1.29. The third-order valence-corrected chi connectivity index (χ3v) is 3.08. The molecule has 94 valence electrons. The lowest BCUT2D eigenvalue weighted by Gasteiger charge is -2.22. The maximum atomic E-state index is 5.03. The molecular weight excluding hydrogens is 216 g/mol. The SMILES string of the molecule is COc1cncc(NCCC2CCCNC2)n1. The molecule has 1 aliphatic heterocycles. The molecule has 1 unspecified atom stereocenters. The molecule has 1 aliphatic rings. The number of nitrogens with one attached hydrogen (secondary N) is 2. The Kier molecular flexibility index (Phi) is 4.55. The third kappa shape index (κ3) is 3.85. The number of anilines is 1. The highest BCUT2D eigenvalue weighted by Gasteiger charge is 2.12. The average molecular weight is 236 g/mol. The molecule has 0 radical (unpaired) electrons. The van der Waals surface area contributed by atoms with Crippen molar-refractivity contribution in [2.75, 3.05) is 32.1 Å². The van der Waals surface area contributed by atoms with Gasteiger partial charge < -0.3 is 15.4 Å². The van der Waals surface area contributed by atoms with E-state index in [2.05, 4.69) is 20.6 Å². The minimum absolute atomic E-state index is 0.550. The maximum absolute atomic E-state index is 5.03. The second kappa shape index (κ2) is 6.39. The van der Waals surface area contributed by atoms with Crippen LogP contribution in [0.25, 0.3) is 0 Å². The molecule has 1 aromatic rings. The first-order valence-corrected chi connectivity index (χ1v) is 6.19. The van der Waals surface area contributed by atoms with Crippen LogP contribution < -0.4 is 15.4 Å². The van der Waals surface area contributed by atoms with Gasteiger partial charge in [0.15, 0.2) is 0 Å². The molecule has 2 heterocycles. The molecule has 1 fully saturated rings. The molecule has 0 saturated carbocycles. The van der Waals surface area contributed by atoms with Gasteiger partial charge in [0, 0.05) is 6.54 Å². The highest BCUT2D eigenvalue weighted by Crippen LogP contribution is 2.14. The molecule has 1 aromatic heterocycles. The number of ether oxygens (including phenoxy) is 1. The Balaban J connectivity index is 1.73. The maximum Gasteiger partial charge on any atom is 0.233 e. The number of rotatable bonds is 5. The van der Waals surface area contributed by atoms with Gasteiger partial charge in [-0.05, 0) is 38.3 Å². The van der Waals surface area contributed by atoms with Gasteiger partial charge in [0.1, 0.15) is 5.82 Å². The summed E-state index contributed by atoms with van der Waals surface area (Å²) in [7, 11) is 1.60. The number of hydrogen-bond donors (Lipinski definition) is 2. The van der Waals surface area contributed by atoms with Crippen molar-refractivity contribution in [3.05, 3.63) is 12.4 Å². The van der Waals surface area contributed by atoms with E-state index in [0.717, 1.165) is 24.8 Å². The summed E-state index contributed by atoms with van der Waals surface area (Å²) >= 11 is 0. The summed E-state index contributed by atoms with van der Waals surface area (Å²) in [4.78, 5) is 8.32. The Hall–Kier alpha value is -1.36. The summed E-state index contributed by atoms with van der Waals surface area (Å²) < 4.78 is 5.03. The minimum atomic E-state index is 0.550. The normalized spacial score (nSPS) is 19.9. The van der Waals surface area contributed by atoms with Crippen molar-refractivity contribution in [1.82, 2.24) is 15.3 Å². The largest absolute Gasteiger partial charge is 0.480 e. The van der Waals surface area contributed by atoms with Gasteiger partial charge in [-0.3, -0.25) is 4.98 Å². The smallest absolute Gasteiger partial charge is 0.233 e. The van der Waals surface area contributed by atoms with Gasteiger partial charge in [-0.15, -0.1) is 0 Å². The van der Waals surface area contributed by atoms with Crippen LogP contribution in [0, 0.1) is 5.92 Å².